The molecule has 1 N–H and O–H groups in total. The number of aromatic nitrogens is 1. The molecule has 3 heterocycles. The molecule has 0 amide bonds. The van der Waals surface area contributed by atoms with Crippen molar-refractivity contribution in [1.82, 2.24) is 14.6 Å². The minimum absolute atomic E-state index is 0.203. The van der Waals surface area contributed by atoms with Crippen LogP contribution in [-0.4, -0.2) is 70.3 Å². The van der Waals surface area contributed by atoms with Crippen molar-refractivity contribution in [3.63, 3.8) is 0 Å². The lowest BCUT2D eigenvalue weighted by Crippen LogP contribution is -2.48. The zero-order chi connectivity index (χ0) is 16.7. The lowest BCUT2D eigenvalue weighted by molar-refractivity contribution is -0.0362. The van der Waals surface area contributed by atoms with E-state index in [1.165, 1.54) is 6.20 Å². The molecule has 1 saturated carbocycles. The van der Waals surface area contributed by atoms with Crippen LogP contribution < -0.4 is 9.62 Å². The van der Waals surface area contributed by atoms with Crippen LogP contribution in [0.5, 0.6) is 0 Å². The van der Waals surface area contributed by atoms with Gasteiger partial charge in [0.05, 0.1) is 18.8 Å². The predicted molar refractivity (Wildman–Crippen MR) is 90.5 cm³/mol. The second-order valence-electron chi connectivity index (χ2n) is 7.01. The summed E-state index contributed by atoms with van der Waals surface area (Å²) >= 11 is 0. The van der Waals surface area contributed by atoms with Crippen LogP contribution in [0.25, 0.3) is 0 Å². The van der Waals surface area contributed by atoms with Gasteiger partial charge in [-0.3, -0.25) is 4.90 Å². The van der Waals surface area contributed by atoms with Crippen molar-refractivity contribution >= 4 is 15.8 Å². The maximum absolute atomic E-state index is 12.3. The molecular weight excluding hydrogens is 328 g/mol. The molecule has 7 nitrogen and oxygen atoms in total. The molecule has 4 rings (SSSR count). The molecule has 0 radical (unpaired) electrons. The summed E-state index contributed by atoms with van der Waals surface area (Å²) in [7, 11) is -1.33. The van der Waals surface area contributed by atoms with E-state index in [1.54, 1.807) is 12.1 Å². The third-order valence-corrected chi connectivity index (χ3v) is 6.60. The van der Waals surface area contributed by atoms with Crippen LogP contribution in [0.15, 0.2) is 23.2 Å². The van der Waals surface area contributed by atoms with Gasteiger partial charge in [-0.05, 0) is 37.9 Å². The highest BCUT2D eigenvalue weighted by Crippen LogP contribution is 2.28. The molecule has 2 saturated heterocycles. The quantitative estimate of drug-likeness (QED) is 0.821. The van der Waals surface area contributed by atoms with Gasteiger partial charge in [0.25, 0.3) is 0 Å². The molecule has 1 aliphatic carbocycles. The monoisotopic (exact) mass is 352 g/mol. The molecule has 24 heavy (non-hydrogen) atoms. The Balaban J connectivity index is 1.44. The second kappa shape index (κ2) is 6.25. The Morgan fingerprint density at radius 2 is 2.17 bits per heavy atom. The summed E-state index contributed by atoms with van der Waals surface area (Å²) < 4.78 is 33.0. The summed E-state index contributed by atoms with van der Waals surface area (Å²) in [6.07, 6.45) is 3.90. The number of fused-ring (bicyclic) bond motifs is 1. The number of hydrogen-bond donors (Lipinski definition) is 1. The number of morpholine rings is 1. The lowest BCUT2D eigenvalue weighted by atomic mass is 10.1. The molecular formula is C16H24N4O3S. The van der Waals surface area contributed by atoms with Crippen LogP contribution in [0.3, 0.4) is 0 Å². The van der Waals surface area contributed by atoms with E-state index < -0.39 is 10.0 Å². The van der Waals surface area contributed by atoms with Crippen molar-refractivity contribution in [2.24, 2.45) is 5.92 Å². The van der Waals surface area contributed by atoms with Gasteiger partial charge in [-0.1, -0.05) is 0 Å². The van der Waals surface area contributed by atoms with Crippen LogP contribution in [0.2, 0.25) is 0 Å². The van der Waals surface area contributed by atoms with E-state index in [4.69, 9.17) is 4.74 Å². The lowest BCUT2D eigenvalue weighted by Gasteiger charge is -2.33. The zero-order valence-corrected chi connectivity index (χ0v) is 14.7. The first-order valence-electron chi connectivity index (χ1n) is 8.55. The average Bonchev–Trinajstić information content (AvgIpc) is 3.30. The fourth-order valence-corrected chi connectivity index (χ4v) is 4.46. The van der Waals surface area contributed by atoms with Crippen molar-refractivity contribution < 1.29 is 13.2 Å². The summed E-state index contributed by atoms with van der Waals surface area (Å²) in [6.45, 7) is 3.91. The van der Waals surface area contributed by atoms with Gasteiger partial charge >= 0.3 is 0 Å². The number of ether oxygens (including phenoxy) is 1. The van der Waals surface area contributed by atoms with Gasteiger partial charge in [-0.2, -0.15) is 0 Å². The van der Waals surface area contributed by atoms with Gasteiger partial charge in [0.1, 0.15) is 10.7 Å². The molecule has 3 aliphatic rings. The van der Waals surface area contributed by atoms with E-state index in [0.29, 0.717) is 18.5 Å². The number of likely N-dealkylation sites (N-methyl/N-ethyl adjacent to an activating group) is 1. The largest absolute Gasteiger partial charge is 0.373 e. The fraction of sp³-hybridized carbons (Fsp3) is 0.688. The highest BCUT2D eigenvalue weighted by atomic mass is 32.2. The van der Waals surface area contributed by atoms with Gasteiger partial charge in [-0.15, -0.1) is 0 Å². The topological polar surface area (TPSA) is 74.8 Å². The van der Waals surface area contributed by atoms with Crippen LogP contribution in [-0.2, 0) is 14.8 Å². The second-order valence-corrected chi connectivity index (χ2v) is 8.78. The van der Waals surface area contributed by atoms with Crippen LogP contribution in [0, 0.1) is 5.92 Å². The number of sulfonamides is 1. The average molecular weight is 352 g/mol. The summed E-state index contributed by atoms with van der Waals surface area (Å²) in [6, 6.07) is 3.82. The van der Waals surface area contributed by atoms with Gasteiger partial charge in [0.15, 0.2) is 0 Å². The number of nitrogens with zero attached hydrogens (tertiary/aromatic N) is 3. The van der Waals surface area contributed by atoms with Crippen LogP contribution in [0.4, 0.5) is 5.82 Å². The summed E-state index contributed by atoms with van der Waals surface area (Å²) in [5.74, 6) is 1.32. The smallest absolute Gasteiger partial charge is 0.242 e. The predicted octanol–water partition coefficient (Wildman–Crippen LogP) is 0.289. The Hall–Kier alpha value is -1.22. The summed E-state index contributed by atoms with van der Waals surface area (Å²) in [4.78, 5) is 9.12. The minimum Gasteiger partial charge on any atom is -0.373 e. The molecule has 0 spiro atoms. The first kappa shape index (κ1) is 16.3. The molecule has 3 fully saturated rings. The maximum atomic E-state index is 12.3. The molecule has 0 aromatic carbocycles. The maximum Gasteiger partial charge on any atom is 0.242 e. The standard InChI is InChI=1S/C16H24N4O3S/c1-19-6-7-23-15-11-20(10-14(15)19)16-5-4-13(9-17-16)24(21,22)18-8-12-2-3-12/h4-5,9,12,14-15,18H,2-3,6-8,10-11H2,1H3. The van der Waals surface area contributed by atoms with Crippen molar-refractivity contribution in [3.8, 4) is 0 Å². The molecule has 1 aromatic heterocycles. The highest BCUT2D eigenvalue weighted by molar-refractivity contribution is 7.89. The molecule has 2 atom stereocenters. The molecule has 2 unspecified atom stereocenters. The normalized spacial score (nSPS) is 28.1. The SMILES string of the molecule is CN1CCOC2CN(c3ccc(S(=O)(=O)NCC4CC4)cn3)CC21. The Morgan fingerprint density at radius 3 is 2.83 bits per heavy atom. The molecule has 2 aliphatic heterocycles. The Morgan fingerprint density at radius 1 is 1.33 bits per heavy atom. The van der Waals surface area contributed by atoms with Gasteiger partial charge in [0.2, 0.25) is 10.0 Å². The number of anilines is 1. The van der Waals surface area contributed by atoms with E-state index in [-0.39, 0.29) is 11.0 Å². The van der Waals surface area contributed by atoms with Crippen LogP contribution >= 0.6 is 0 Å². The minimum atomic E-state index is -3.45. The molecule has 1 aromatic rings. The van der Waals surface area contributed by atoms with Gasteiger partial charge in [-0.25, -0.2) is 18.1 Å². The number of hydrogen-bond acceptors (Lipinski definition) is 6. The summed E-state index contributed by atoms with van der Waals surface area (Å²) in [5, 5.41) is 0. The molecule has 0 bridgehead atoms. The van der Waals surface area contributed by atoms with E-state index in [0.717, 1.165) is 44.9 Å². The molecule has 8 heteroatoms. The Bertz CT molecular complexity index is 690. The fourth-order valence-electron chi connectivity index (χ4n) is 3.40. The number of pyridine rings is 1. The first-order valence-corrected chi connectivity index (χ1v) is 10.0. The van der Waals surface area contributed by atoms with Gasteiger partial charge < -0.3 is 9.64 Å². The summed E-state index contributed by atoms with van der Waals surface area (Å²) in [5.41, 5.74) is 0. The number of nitrogens with one attached hydrogen (secondary N) is 1. The first-order chi connectivity index (χ1) is 11.5. The third-order valence-electron chi connectivity index (χ3n) is 5.19. The van der Waals surface area contributed by atoms with E-state index in [9.17, 15) is 8.42 Å². The highest BCUT2D eigenvalue weighted by Gasteiger charge is 2.39. The van der Waals surface area contributed by atoms with E-state index in [1.807, 2.05) is 0 Å². The van der Waals surface area contributed by atoms with Crippen LogP contribution in [0.1, 0.15) is 12.8 Å². The van der Waals surface area contributed by atoms with Crippen molar-refractivity contribution in [2.45, 2.75) is 29.9 Å². The van der Waals surface area contributed by atoms with E-state index in [2.05, 4.69) is 26.6 Å². The van der Waals surface area contributed by atoms with Crippen molar-refractivity contribution in [1.29, 1.82) is 0 Å². The Kier molecular flexibility index (Phi) is 4.24. The Labute approximate surface area is 143 Å². The van der Waals surface area contributed by atoms with Crippen molar-refractivity contribution in [2.75, 3.05) is 44.7 Å². The van der Waals surface area contributed by atoms with Gasteiger partial charge in [0, 0.05) is 32.4 Å². The van der Waals surface area contributed by atoms with Crippen molar-refractivity contribution in [3.05, 3.63) is 18.3 Å². The number of rotatable bonds is 5. The zero-order valence-electron chi connectivity index (χ0n) is 13.9. The third kappa shape index (κ3) is 3.28. The molecule has 132 valence electrons. The van der Waals surface area contributed by atoms with E-state index >= 15 is 0 Å².